The predicted molar refractivity (Wildman–Crippen MR) is 116 cm³/mol. The van der Waals surface area contributed by atoms with Crippen LogP contribution in [0.1, 0.15) is 25.5 Å². The summed E-state index contributed by atoms with van der Waals surface area (Å²) in [5.74, 6) is -0.157. The molecule has 0 atom stereocenters. The van der Waals surface area contributed by atoms with Crippen LogP contribution in [0.2, 0.25) is 10.0 Å². The summed E-state index contributed by atoms with van der Waals surface area (Å²) in [5.41, 5.74) is 1.35. The van der Waals surface area contributed by atoms with Gasteiger partial charge in [-0.3, -0.25) is 14.3 Å². The van der Waals surface area contributed by atoms with Crippen LogP contribution in [-0.4, -0.2) is 21.9 Å². The van der Waals surface area contributed by atoms with Gasteiger partial charge in [-0.1, -0.05) is 55.2 Å². The average molecular weight is 434 g/mol. The molecule has 0 aliphatic carbocycles. The number of rotatable bonds is 6. The fourth-order valence-electron chi connectivity index (χ4n) is 3.17. The molecule has 0 fully saturated rings. The fourth-order valence-corrected chi connectivity index (χ4v) is 3.50. The van der Waals surface area contributed by atoms with E-state index in [1.165, 1.54) is 10.7 Å². The minimum atomic E-state index is -0.467. The minimum absolute atomic E-state index is 0.0104. The van der Waals surface area contributed by atoms with Crippen molar-refractivity contribution in [2.45, 2.75) is 19.8 Å². The minimum Gasteiger partial charge on any atom is -0.482 e. The largest absolute Gasteiger partial charge is 0.482 e. The highest BCUT2D eigenvalue weighted by molar-refractivity contribution is 6.34. The molecule has 1 heterocycles. The zero-order valence-electron chi connectivity index (χ0n) is 16.3. The fraction of sp³-hybridized carbons (Fsp3) is 0.238. The molecule has 2 aromatic carbocycles. The summed E-state index contributed by atoms with van der Waals surface area (Å²) in [6.45, 7) is 3.61. The molecule has 8 heteroatoms. The van der Waals surface area contributed by atoms with Crippen LogP contribution in [0.25, 0.3) is 5.69 Å². The Hall–Kier alpha value is -2.70. The van der Waals surface area contributed by atoms with Crippen molar-refractivity contribution in [2.75, 3.05) is 11.9 Å². The Morgan fingerprint density at radius 2 is 1.83 bits per heavy atom. The van der Waals surface area contributed by atoms with Crippen molar-refractivity contribution in [3.8, 4) is 11.4 Å². The molecule has 1 N–H and O–H groups in total. The van der Waals surface area contributed by atoms with Gasteiger partial charge in [-0.2, -0.15) is 0 Å². The molecular formula is C21H21Cl2N3O3. The first-order chi connectivity index (χ1) is 13.8. The van der Waals surface area contributed by atoms with Crippen LogP contribution in [0.5, 0.6) is 5.75 Å². The van der Waals surface area contributed by atoms with Crippen molar-refractivity contribution in [3.05, 3.63) is 74.6 Å². The molecule has 0 saturated heterocycles. The van der Waals surface area contributed by atoms with Crippen molar-refractivity contribution in [3.63, 3.8) is 0 Å². The summed E-state index contributed by atoms with van der Waals surface area (Å²) in [4.78, 5) is 25.6. The van der Waals surface area contributed by atoms with E-state index in [-0.39, 0.29) is 23.8 Å². The lowest BCUT2D eigenvalue weighted by atomic mass is 10.1. The molecule has 0 spiro atoms. The average Bonchev–Trinajstić information content (AvgIpc) is 2.93. The molecular weight excluding hydrogens is 413 g/mol. The highest BCUT2D eigenvalue weighted by atomic mass is 35.5. The summed E-state index contributed by atoms with van der Waals surface area (Å²) in [7, 11) is 1.79. The number of aromatic nitrogens is 2. The Morgan fingerprint density at radius 3 is 2.48 bits per heavy atom. The molecule has 0 unspecified atom stereocenters. The van der Waals surface area contributed by atoms with Crippen LogP contribution in [0.15, 0.2) is 53.3 Å². The summed E-state index contributed by atoms with van der Waals surface area (Å²) >= 11 is 12.0. The summed E-state index contributed by atoms with van der Waals surface area (Å²) in [6, 6.07) is 14.0. The van der Waals surface area contributed by atoms with Gasteiger partial charge in [-0.15, -0.1) is 0 Å². The molecule has 6 nitrogen and oxygen atoms in total. The number of para-hydroxylation sites is 1. The topological polar surface area (TPSA) is 65.3 Å². The van der Waals surface area contributed by atoms with Gasteiger partial charge in [0.1, 0.15) is 11.4 Å². The molecule has 0 bridgehead atoms. The maximum absolute atomic E-state index is 13.1. The number of hydrogen-bond acceptors (Lipinski definition) is 3. The summed E-state index contributed by atoms with van der Waals surface area (Å²) < 4.78 is 8.75. The SMILES string of the molecule is CC(C)c1c(NC(=O)COc2cc(Cl)ccc2Cl)c(=O)n(-c2ccccc2)n1C. The first-order valence-corrected chi connectivity index (χ1v) is 9.80. The Kier molecular flexibility index (Phi) is 6.35. The summed E-state index contributed by atoms with van der Waals surface area (Å²) in [5, 5.41) is 3.49. The van der Waals surface area contributed by atoms with Gasteiger partial charge in [-0.25, -0.2) is 4.68 Å². The number of nitrogens with one attached hydrogen (secondary N) is 1. The van der Waals surface area contributed by atoms with E-state index in [9.17, 15) is 9.59 Å². The van der Waals surface area contributed by atoms with Crippen LogP contribution in [0, 0.1) is 0 Å². The second-order valence-corrected chi connectivity index (χ2v) is 7.65. The molecule has 0 radical (unpaired) electrons. The Labute approximate surface area is 178 Å². The second kappa shape index (κ2) is 8.76. The maximum Gasteiger partial charge on any atom is 0.295 e. The first kappa shape index (κ1) is 21.0. The standard InChI is InChI=1S/C21H21Cl2N3O3/c1-13(2)20-19(21(28)26(25(20)3)15-7-5-4-6-8-15)24-18(27)12-29-17-11-14(22)9-10-16(17)23/h4-11,13H,12H2,1-3H3,(H,24,27). The zero-order valence-corrected chi connectivity index (χ0v) is 17.8. The van der Waals surface area contributed by atoms with Gasteiger partial charge < -0.3 is 10.1 Å². The van der Waals surface area contributed by atoms with E-state index in [2.05, 4.69) is 5.32 Å². The number of anilines is 1. The number of hydrogen-bond donors (Lipinski definition) is 1. The number of amides is 1. The smallest absolute Gasteiger partial charge is 0.295 e. The quantitative estimate of drug-likeness (QED) is 0.616. The predicted octanol–water partition coefficient (Wildman–Crippen LogP) is 4.62. The number of carbonyl (C=O) groups is 1. The van der Waals surface area contributed by atoms with E-state index in [0.717, 1.165) is 0 Å². The van der Waals surface area contributed by atoms with Crippen LogP contribution in [0.3, 0.4) is 0 Å². The van der Waals surface area contributed by atoms with Gasteiger partial charge in [0.05, 0.1) is 16.4 Å². The van der Waals surface area contributed by atoms with Gasteiger partial charge in [0.2, 0.25) is 0 Å². The second-order valence-electron chi connectivity index (χ2n) is 6.80. The molecule has 3 aromatic rings. The maximum atomic E-state index is 13.1. The van der Waals surface area contributed by atoms with E-state index in [0.29, 0.717) is 27.2 Å². The van der Waals surface area contributed by atoms with Crippen LogP contribution >= 0.6 is 23.2 Å². The highest BCUT2D eigenvalue weighted by Gasteiger charge is 2.23. The number of nitrogens with zero attached hydrogens (tertiary/aromatic N) is 2. The van der Waals surface area contributed by atoms with E-state index in [1.807, 2.05) is 44.2 Å². The normalized spacial score (nSPS) is 11.0. The van der Waals surface area contributed by atoms with Crippen molar-refractivity contribution in [1.29, 1.82) is 0 Å². The lowest BCUT2D eigenvalue weighted by Crippen LogP contribution is -2.25. The Balaban J connectivity index is 1.87. The molecule has 1 aromatic heterocycles. The van der Waals surface area contributed by atoms with Gasteiger partial charge in [0.25, 0.3) is 11.5 Å². The Morgan fingerprint density at radius 1 is 1.14 bits per heavy atom. The third kappa shape index (κ3) is 4.49. The molecule has 0 aliphatic heterocycles. The molecule has 0 aliphatic rings. The van der Waals surface area contributed by atoms with Gasteiger partial charge in [0.15, 0.2) is 6.61 Å². The molecule has 29 heavy (non-hydrogen) atoms. The van der Waals surface area contributed by atoms with E-state index in [1.54, 1.807) is 23.9 Å². The van der Waals surface area contributed by atoms with Crippen LogP contribution in [-0.2, 0) is 11.8 Å². The van der Waals surface area contributed by atoms with Crippen molar-refractivity contribution in [2.24, 2.45) is 7.05 Å². The van der Waals surface area contributed by atoms with Gasteiger partial charge in [0, 0.05) is 18.1 Å². The van der Waals surface area contributed by atoms with Crippen molar-refractivity contribution in [1.82, 2.24) is 9.36 Å². The zero-order chi connectivity index (χ0) is 21.1. The van der Waals surface area contributed by atoms with Crippen LogP contribution < -0.4 is 15.6 Å². The number of ether oxygens (including phenoxy) is 1. The van der Waals surface area contributed by atoms with Gasteiger partial charge in [-0.05, 0) is 30.2 Å². The molecule has 3 rings (SSSR count). The lowest BCUT2D eigenvalue weighted by Gasteiger charge is -2.13. The van der Waals surface area contributed by atoms with Crippen molar-refractivity contribution < 1.29 is 9.53 Å². The molecule has 1 amide bonds. The highest BCUT2D eigenvalue weighted by Crippen LogP contribution is 2.28. The molecule has 152 valence electrons. The third-order valence-electron chi connectivity index (χ3n) is 4.38. The van der Waals surface area contributed by atoms with E-state index < -0.39 is 5.91 Å². The molecule has 0 saturated carbocycles. The van der Waals surface area contributed by atoms with Gasteiger partial charge >= 0.3 is 0 Å². The van der Waals surface area contributed by atoms with E-state index >= 15 is 0 Å². The number of carbonyl (C=O) groups excluding carboxylic acids is 1. The number of benzene rings is 2. The van der Waals surface area contributed by atoms with Crippen molar-refractivity contribution >= 4 is 34.8 Å². The Bertz CT molecular complexity index is 1090. The number of halogens is 2. The summed E-state index contributed by atoms with van der Waals surface area (Å²) in [6.07, 6.45) is 0. The monoisotopic (exact) mass is 433 g/mol. The van der Waals surface area contributed by atoms with Crippen LogP contribution in [0.4, 0.5) is 5.69 Å². The van der Waals surface area contributed by atoms with E-state index in [4.69, 9.17) is 27.9 Å². The first-order valence-electron chi connectivity index (χ1n) is 9.04. The lowest BCUT2D eigenvalue weighted by molar-refractivity contribution is -0.118. The third-order valence-corrected chi connectivity index (χ3v) is 4.92.